The lowest BCUT2D eigenvalue weighted by Gasteiger charge is -2.18. The van der Waals surface area contributed by atoms with E-state index in [1.54, 1.807) is 13.8 Å². The summed E-state index contributed by atoms with van der Waals surface area (Å²) in [5, 5.41) is 12.2. The number of hydrogen-bond acceptors (Lipinski definition) is 2. The zero-order valence-electron chi connectivity index (χ0n) is 8.73. The lowest BCUT2D eigenvalue weighted by molar-refractivity contribution is -0.147. The van der Waals surface area contributed by atoms with Gasteiger partial charge < -0.3 is 5.11 Å². The maximum absolute atomic E-state index is 10.7. The summed E-state index contributed by atoms with van der Waals surface area (Å²) in [7, 11) is 0. The molecule has 0 aromatic carbocycles. The number of carbonyl (C=O) groups is 1. The standard InChI is InChI=1S/C9H17N3O2/c1-9(2,8(13)14)6-4-3-5-7-11-12-10/h3-7H2,1-2H3,(H,13,14). The van der Waals surface area contributed by atoms with E-state index in [0.717, 1.165) is 19.3 Å². The quantitative estimate of drug-likeness (QED) is 0.296. The molecule has 0 aromatic rings. The Morgan fingerprint density at radius 3 is 2.57 bits per heavy atom. The third-order valence-corrected chi connectivity index (χ3v) is 2.20. The van der Waals surface area contributed by atoms with Crippen LogP contribution in [-0.2, 0) is 4.79 Å². The van der Waals surface area contributed by atoms with Crippen LogP contribution in [0.4, 0.5) is 0 Å². The van der Waals surface area contributed by atoms with Crippen LogP contribution >= 0.6 is 0 Å². The van der Waals surface area contributed by atoms with Gasteiger partial charge in [-0.3, -0.25) is 4.79 Å². The summed E-state index contributed by atoms with van der Waals surface area (Å²) in [6, 6.07) is 0. The molecule has 0 unspecified atom stereocenters. The number of aliphatic carboxylic acids is 1. The van der Waals surface area contributed by atoms with Crippen molar-refractivity contribution in [1.29, 1.82) is 0 Å². The molecule has 0 saturated carbocycles. The first kappa shape index (κ1) is 12.8. The first-order valence-corrected chi connectivity index (χ1v) is 4.75. The van der Waals surface area contributed by atoms with E-state index >= 15 is 0 Å². The fourth-order valence-corrected chi connectivity index (χ4v) is 1.08. The number of carboxylic acids is 1. The van der Waals surface area contributed by atoms with E-state index < -0.39 is 11.4 Å². The summed E-state index contributed by atoms with van der Waals surface area (Å²) in [5.41, 5.74) is 7.37. The molecule has 1 N–H and O–H groups in total. The maximum atomic E-state index is 10.7. The number of azide groups is 1. The van der Waals surface area contributed by atoms with Gasteiger partial charge in [-0.15, -0.1) is 0 Å². The second kappa shape index (κ2) is 6.27. The molecule has 0 saturated heterocycles. The van der Waals surface area contributed by atoms with Crippen molar-refractivity contribution in [1.82, 2.24) is 0 Å². The van der Waals surface area contributed by atoms with Gasteiger partial charge in [0.1, 0.15) is 0 Å². The van der Waals surface area contributed by atoms with Crippen LogP contribution in [0, 0.1) is 5.41 Å². The van der Waals surface area contributed by atoms with Gasteiger partial charge in [0, 0.05) is 11.5 Å². The molecule has 0 radical (unpaired) electrons. The summed E-state index contributed by atoms with van der Waals surface area (Å²) < 4.78 is 0. The van der Waals surface area contributed by atoms with Crippen LogP contribution < -0.4 is 0 Å². The minimum Gasteiger partial charge on any atom is -0.481 e. The Morgan fingerprint density at radius 2 is 2.07 bits per heavy atom. The predicted molar refractivity (Wildman–Crippen MR) is 53.9 cm³/mol. The summed E-state index contributed by atoms with van der Waals surface area (Å²) in [4.78, 5) is 13.4. The summed E-state index contributed by atoms with van der Waals surface area (Å²) in [6.45, 7) is 3.95. The fraction of sp³-hybridized carbons (Fsp3) is 0.889. The highest BCUT2D eigenvalue weighted by atomic mass is 16.4. The monoisotopic (exact) mass is 199 g/mol. The highest BCUT2D eigenvalue weighted by molar-refractivity contribution is 5.73. The van der Waals surface area contributed by atoms with Crippen molar-refractivity contribution in [3.63, 3.8) is 0 Å². The molecule has 14 heavy (non-hydrogen) atoms. The van der Waals surface area contributed by atoms with Crippen LogP contribution in [0.15, 0.2) is 5.11 Å². The molecule has 0 aliphatic rings. The van der Waals surface area contributed by atoms with Crippen molar-refractivity contribution in [3.05, 3.63) is 10.4 Å². The van der Waals surface area contributed by atoms with Gasteiger partial charge in [0.05, 0.1) is 5.41 Å². The molecule has 0 rings (SSSR count). The summed E-state index contributed by atoms with van der Waals surface area (Å²) >= 11 is 0. The Bertz CT molecular complexity index is 232. The second-order valence-electron chi connectivity index (χ2n) is 3.95. The van der Waals surface area contributed by atoms with Gasteiger partial charge in [-0.2, -0.15) is 0 Å². The summed E-state index contributed by atoms with van der Waals surface area (Å²) in [5.74, 6) is -0.757. The van der Waals surface area contributed by atoms with Gasteiger partial charge in [0.25, 0.3) is 0 Å². The van der Waals surface area contributed by atoms with Gasteiger partial charge in [0.2, 0.25) is 0 Å². The van der Waals surface area contributed by atoms with Crippen LogP contribution in [-0.4, -0.2) is 17.6 Å². The Labute approximate surface area is 83.7 Å². The molecular formula is C9H17N3O2. The minimum absolute atomic E-state index is 0.504. The topological polar surface area (TPSA) is 86.1 Å². The Morgan fingerprint density at radius 1 is 1.43 bits per heavy atom. The SMILES string of the molecule is CC(C)(CCCCCN=[N+]=[N-])C(=O)O. The molecular weight excluding hydrogens is 182 g/mol. The Balaban J connectivity index is 3.54. The van der Waals surface area contributed by atoms with Gasteiger partial charge in [-0.05, 0) is 32.2 Å². The number of nitrogens with zero attached hydrogens (tertiary/aromatic N) is 3. The molecule has 5 nitrogen and oxygen atoms in total. The van der Waals surface area contributed by atoms with Crippen molar-refractivity contribution in [3.8, 4) is 0 Å². The van der Waals surface area contributed by atoms with Crippen molar-refractivity contribution < 1.29 is 9.90 Å². The van der Waals surface area contributed by atoms with Gasteiger partial charge >= 0.3 is 5.97 Å². The summed E-state index contributed by atoms with van der Waals surface area (Å²) in [6.07, 6.45) is 3.27. The van der Waals surface area contributed by atoms with E-state index in [2.05, 4.69) is 10.0 Å². The number of unbranched alkanes of at least 4 members (excludes halogenated alkanes) is 2. The van der Waals surface area contributed by atoms with Crippen molar-refractivity contribution >= 4 is 5.97 Å². The number of carboxylic acid groups (broad SMARTS) is 1. The van der Waals surface area contributed by atoms with Crippen LogP contribution in [0.3, 0.4) is 0 Å². The highest BCUT2D eigenvalue weighted by Gasteiger charge is 2.25. The fourth-order valence-electron chi connectivity index (χ4n) is 1.08. The first-order chi connectivity index (χ1) is 6.50. The Hall–Kier alpha value is -1.22. The zero-order chi connectivity index (χ0) is 11.0. The van der Waals surface area contributed by atoms with Crippen molar-refractivity contribution in [2.24, 2.45) is 10.5 Å². The molecule has 0 aliphatic carbocycles. The molecule has 5 heteroatoms. The zero-order valence-corrected chi connectivity index (χ0v) is 8.73. The second-order valence-corrected chi connectivity index (χ2v) is 3.95. The lowest BCUT2D eigenvalue weighted by atomic mass is 9.87. The molecule has 0 aromatic heterocycles. The van der Waals surface area contributed by atoms with E-state index in [1.165, 1.54) is 0 Å². The van der Waals surface area contributed by atoms with E-state index in [1.807, 2.05) is 0 Å². The molecule has 0 spiro atoms. The van der Waals surface area contributed by atoms with E-state index in [4.69, 9.17) is 10.6 Å². The van der Waals surface area contributed by atoms with Crippen LogP contribution in [0.2, 0.25) is 0 Å². The molecule has 0 bridgehead atoms. The van der Waals surface area contributed by atoms with Crippen LogP contribution in [0.1, 0.15) is 39.5 Å². The van der Waals surface area contributed by atoms with E-state index in [-0.39, 0.29) is 0 Å². The van der Waals surface area contributed by atoms with Crippen molar-refractivity contribution in [2.45, 2.75) is 39.5 Å². The largest absolute Gasteiger partial charge is 0.481 e. The molecule has 0 heterocycles. The molecule has 0 amide bonds. The van der Waals surface area contributed by atoms with E-state index in [9.17, 15) is 4.79 Å². The lowest BCUT2D eigenvalue weighted by Crippen LogP contribution is -2.23. The molecule has 0 fully saturated rings. The predicted octanol–water partition coefficient (Wildman–Crippen LogP) is 2.97. The third-order valence-electron chi connectivity index (χ3n) is 2.20. The number of hydrogen-bond donors (Lipinski definition) is 1. The average Bonchev–Trinajstić information content (AvgIpc) is 2.10. The molecule has 0 atom stereocenters. The average molecular weight is 199 g/mol. The first-order valence-electron chi connectivity index (χ1n) is 4.75. The van der Waals surface area contributed by atoms with Crippen LogP contribution in [0.25, 0.3) is 10.4 Å². The van der Waals surface area contributed by atoms with Gasteiger partial charge in [-0.25, -0.2) is 0 Å². The Kier molecular flexibility index (Phi) is 5.72. The number of rotatable bonds is 7. The third kappa shape index (κ3) is 5.43. The molecule has 80 valence electrons. The van der Waals surface area contributed by atoms with Crippen LogP contribution in [0.5, 0.6) is 0 Å². The van der Waals surface area contributed by atoms with Crippen molar-refractivity contribution in [2.75, 3.05) is 6.54 Å². The van der Waals surface area contributed by atoms with Gasteiger partial charge in [0.15, 0.2) is 0 Å². The smallest absolute Gasteiger partial charge is 0.309 e. The minimum atomic E-state index is -0.757. The normalized spacial score (nSPS) is 10.7. The highest BCUT2D eigenvalue weighted by Crippen LogP contribution is 2.23. The van der Waals surface area contributed by atoms with E-state index in [0.29, 0.717) is 13.0 Å². The maximum Gasteiger partial charge on any atom is 0.309 e. The molecule has 0 aliphatic heterocycles. The van der Waals surface area contributed by atoms with Gasteiger partial charge in [-0.1, -0.05) is 18.0 Å².